The third-order valence-electron chi connectivity index (χ3n) is 4.34. The molecule has 0 unspecified atom stereocenters. The molecule has 0 aromatic heterocycles. The van der Waals surface area contributed by atoms with E-state index in [1.165, 1.54) is 13.3 Å². The Morgan fingerprint density at radius 2 is 1.97 bits per heavy atom. The van der Waals surface area contributed by atoms with Gasteiger partial charge in [-0.2, -0.15) is 5.10 Å². The minimum atomic E-state index is -0.522. The number of carbonyl (C=O) groups excluding carboxylic acids is 3. The Hall–Kier alpha value is -3.80. The molecular weight excluding hydrogens is 514 g/mol. The van der Waals surface area contributed by atoms with Crippen molar-refractivity contribution in [2.24, 2.45) is 5.10 Å². The maximum atomic E-state index is 12.2. The van der Waals surface area contributed by atoms with E-state index < -0.39 is 17.8 Å². The molecule has 1 aliphatic rings. The highest BCUT2D eigenvalue weighted by Gasteiger charge is 2.17. The predicted molar refractivity (Wildman–Crippen MR) is 123 cm³/mol. The lowest BCUT2D eigenvalue weighted by Gasteiger charge is -2.13. The van der Waals surface area contributed by atoms with Crippen LogP contribution in [-0.2, 0) is 14.3 Å². The van der Waals surface area contributed by atoms with Crippen LogP contribution < -0.4 is 29.7 Å². The second kappa shape index (κ2) is 11.9. The largest absolute Gasteiger partial charge is 0.493 e. The minimum absolute atomic E-state index is 0.104. The van der Waals surface area contributed by atoms with Crippen molar-refractivity contribution in [3.05, 3.63) is 45.9 Å². The molecule has 1 heterocycles. The van der Waals surface area contributed by atoms with Crippen LogP contribution in [0.5, 0.6) is 23.0 Å². The lowest BCUT2D eigenvalue weighted by atomic mass is 10.2. The second-order valence-corrected chi connectivity index (χ2v) is 7.53. The third-order valence-corrected chi connectivity index (χ3v) is 4.93. The number of nitrogens with one attached hydrogen (secondary N) is 2. The number of carbonyl (C=O) groups is 3. The molecule has 2 aromatic rings. The number of fused-ring (bicyclic) bond motifs is 1. The van der Waals surface area contributed by atoms with E-state index in [0.717, 1.165) is 0 Å². The molecule has 2 N–H and O–H groups in total. The highest BCUT2D eigenvalue weighted by Crippen LogP contribution is 2.36. The van der Waals surface area contributed by atoms with E-state index >= 15 is 0 Å². The number of ether oxygens (including phenoxy) is 5. The Morgan fingerprint density at radius 1 is 1.18 bits per heavy atom. The Morgan fingerprint density at radius 3 is 2.74 bits per heavy atom. The van der Waals surface area contributed by atoms with Crippen molar-refractivity contribution < 1.29 is 38.1 Å². The highest BCUT2D eigenvalue weighted by atomic mass is 79.9. The summed E-state index contributed by atoms with van der Waals surface area (Å²) in [4.78, 5) is 35.8. The molecule has 3 rings (SSSR count). The highest BCUT2D eigenvalue weighted by molar-refractivity contribution is 9.10. The quantitative estimate of drug-likeness (QED) is 0.268. The zero-order valence-corrected chi connectivity index (χ0v) is 20.0. The Bertz CT molecular complexity index is 1110. The fourth-order valence-corrected chi connectivity index (χ4v) is 3.38. The summed E-state index contributed by atoms with van der Waals surface area (Å²) in [5, 5.41) is 6.38. The number of benzene rings is 2. The van der Waals surface area contributed by atoms with Gasteiger partial charge in [0.1, 0.15) is 0 Å². The van der Waals surface area contributed by atoms with E-state index in [0.29, 0.717) is 38.6 Å². The van der Waals surface area contributed by atoms with Crippen LogP contribution in [0.4, 0.5) is 0 Å². The number of esters is 1. The molecule has 11 nitrogen and oxygen atoms in total. The standard InChI is InChI=1S/C22H22BrN3O8/c1-3-31-20(28)11-32-21-15(23)6-13(7-18(21)30-2)9-25-26-19(27)10-24-22(29)14-4-5-16-17(8-14)34-12-33-16/h4-9H,3,10-12H2,1-2H3,(H,24,29)(H,26,27). The molecule has 0 fully saturated rings. The first-order valence-electron chi connectivity index (χ1n) is 10.1. The molecule has 0 spiro atoms. The number of nitrogens with zero attached hydrogens (tertiary/aromatic N) is 1. The van der Waals surface area contributed by atoms with Gasteiger partial charge in [0.25, 0.3) is 11.8 Å². The van der Waals surface area contributed by atoms with Gasteiger partial charge in [-0.25, -0.2) is 10.2 Å². The fraction of sp³-hybridized carbons (Fsp3) is 0.273. The van der Waals surface area contributed by atoms with Crippen LogP contribution in [0.2, 0.25) is 0 Å². The van der Waals surface area contributed by atoms with Crippen molar-refractivity contribution in [1.82, 2.24) is 10.7 Å². The summed E-state index contributed by atoms with van der Waals surface area (Å²) in [7, 11) is 1.45. The first-order valence-corrected chi connectivity index (χ1v) is 10.9. The van der Waals surface area contributed by atoms with E-state index in [9.17, 15) is 14.4 Å². The second-order valence-electron chi connectivity index (χ2n) is 6.67. The summed E-state index contributed by atoms with van der Waals surface area (Å²) in [5.41, 5.74) is 3.24. The lowest BCUT2D eigenvalue weighted by Crippen LogP contribution is -2.34. The number of hydrogen-bond donors (Lipinski definition) is 2. The zero-order valence-electron chi connectivity index (χ0n) is 18.4. The van der Waals surface area contributed by atoms with Gasteiger partial charge < -0.3 is 29.0 Å². The molecule has 0 aliphatic carbocycles. The summed E-state index contributed by atoms with van der Waals surface area (Å²) in [5.74, 6) is 0.238. The SMILES string of the molecule is CCOC(=O)COc1c(Br)cc(C=NNC(=O)CNC(=O)c2ccc3c(c2)OCO3)cc1OC. The van der Waals surface area contributed by atoms with Crippen LogP contribution in [-0.4, -0.2) is 57.7 Å². The van der Waals surface area contributed by atoms with Crippen molar-refractivity contribution in [2.75, 3.05) is 33.7 Å². The van der Waals surface area contributed by atoms with Crippen molar-refractivity contribution in [3.63, 3.8) is 0 Å². The van der Waals surface area contributed by atoms with E-state index in [4.69, 9.17) is 23.7 Å². The molecule has 2 aromatic carbocycles. The summed E-state index contributed by atoms with van der Waals surface area (Å²) in [6, 6.07) is 8.02. The molecule has 1 aliphatic heterocycles. The Labute approximate surface area is 203 Å². The van der Waals surface area contributed by atoms with Crippen LogP contribution in [0.3, 0.4) is 0 Å². The van der Waals surface area contributed by atoms with E-state index in [-0.39, 0.29) is 26.6 Å². The number of halogens is 1. The lowest BCUT2D eigenvalue weighted by molar-refractivity contribution is -0.145. The van der Waals surface area contributed by atoms with Crippen LogP contribution >= 0.6 is 15.9 Å². The molecule has 180 valence electrons. The number of methoxy groups -OCH3 is 1. The van der Waals surface area contributed by atoms with Crippen LogP contribution in [0, 0.1) is 0 Å². The van der Waals surface area contributed by atoms with E-state index in [1.54, 1.807) is 37.3 Å². The topological polar surface area (TPSA) is 134 Å². The van der Waals surface area contributed by atoms with Gasteiger partial charge in [-0.3, -0.25) is 9.59 Å². The van der Waals surface area contributed by atoms with Gasteiger partial charge in [-0.15, -0.1) is 0 Å². The fourth-order valence-electron chi connectivity index (χ4n) is 2.81. The zero-order chi connectivity index (χ0) is 24.5. The monoisotopic (exact) mass is 535 g/mol. The van der Waals surface area contributed by atoms with Gasteiger partial charge in [-0.1, -0.05) is 0 Å². The van der Waals surface area contributed by atoms with E-state index in [1.807, 2.05) is 0 Å². The predicted octanol–water partition coefficient (Wildman–Crippen LogP) is 2.01. The average molecular weight is 536 g/mol. The number of hydrogen-bond acceptors (Lipinski definition) is 9. The first-order chi connectivity index (χ1) is 16.4. The number of amides is 2. The van der Waals surface area contributed by atoms with Gasteiger partial charge in [0.2, 0.25) is 6.79 Å². The molecule has 0 radical (unpaired) electrons. The summed E-state index contributed by atoms with van der Waals surface area (Å²) in [6.07, 6.45) is 1.39. The summed E-state index contributed by atoms with van der Waals surface area (Å²) in [6.45, 7) is 1.51. The molecule has 12 heteroatoms. The molecule has 0 bridgehead atoms. The Balaban J connectivity index is 1.51. The van der Waals surface area contributed by atoms with Crippen molar-refractivity contribution in [3.8, 4) is 23.0 Å². The molecular formula is C22H22BrN3O8. The van der Waals surface area contributed by atoms with Gasteiger partial charge in [-0.05, 0) is 58.7 Å². The Kier molecular flexibility index (Phi) is 8.68. The number of rotatable bonds is 10. The maximum Gasteiger partial charge on any atom is 0.344 e. The van der Waals surface area contributed by atoms with Crippen molar-refractivity contribution >= 4 is 39.9 Å². The van der Waals surface area contributed by atoms with Crippen LogP contribution in [0.25, 0.3) is 0 Å². The average Bonchev–Trinajstić information content (AvgIpc) is 3.29. The molecule has 0 saturated carbocycles. The maximum absolute atomic E-state index is 12.2. The molecule has 2 amide bonds. The van der Waals surface area contributed by atoms with Crippen LogP contribution in [0.15, 0.2) is 39.9 Å². The van der Waals surface area contributed by atoms with E-state index in [2.05, 4.69) is 31.8 Å². The molecule has 0 saturated heterocycles. The van der Waals surface area contributed by atoms with Crippen molar-refractivity contribution in [2.45, 2.75) is 6.92 Å². The molecule has 0 atom stereocenters. The number of hydrazone groups is 1. The van der Waals surface area contributed by atoms with Gasteiger partial charge in [0.15, 0.2) is 29.6 Å². The normalized spacial score (nSPS) is 11.7. The van der Waals surface area contributed by atoms with Gasteiger partial charge >= 0.3 is 5.97 Å². The molecule has 34 heavy (non-hydrogen) atoms. The summed E-state index contributed by atoms with van der Waals surface area (Å²) < 4.78 is 26.6. The van der Waals surface area contributed by atoms with Crippen LogP contribution in [0.1, 0.15) is 22.8 Å². The third kappa shape index (κ3) is 6.61. The van der Waals surface area contributed by atoms with Gasteiger partial charge in [0, 0.05) is 5.56 Å². The van der Waals surface area contributed by atoms with Gasteiger partial charge in [0.05, 0.1) is 30.9 Å². The summed E-state index contributed by atoms with van der Waals surface area (Å²) >= 11 is 3.36. The first kappa shape index (κ1) is 24.8. The van der Waals surface area contributed by atoms with Crippen molar-refractivity contribution in [1.29, 1.82) is 0 Å². The smallest absolute Gasteiger partial charge is 0.344 e. The minimum Gasteiger partial charge on any atom is -0.493 e.